The Morgan fingerprint density at radius 2 is 1.14 bits per heavy atom. The molecule has 0 aliphatic carbocycles. The van der Waals surface area contributed by atoms with Gasteiger partial charge in [0.15, 0.2) is 6.29 Å². The Hall–Kier alpha value is -1.42. The summed E-state index contributed by atoms with van der Waals surface area (Å²) in [6.07, 6.45) is 29.2. The van der Waals surface area contributed by atoms with Crippen LogP contribution in [-0.2, 0) is 38.3 Å². The number of esters is 1. The predicted molar refractivity (Wildman–Crippen MR) is 221 cm³/mol. The second kappa shape index (κ2) is 35.5. The van der Waals surface area contributed by atoms with Crippen molar-refractivity contribution in [1.29, 1.82) is 0 Å². The molecule has 1 saturated heterocycles. The van der Waals surface area contributed by atoms with Crippen molar-refractivity contribution in [2.75, 3.05) is 26.4 Å². The van der Waals surface area contributed by atoms with Gasteiger partial charge in [0.1, 0.15) is 30.5 Å². The topological polar surface area (TPSA) is 178 Å². The van der Waals surface area contributed by atoms with E-state index in [-0.39, 0.29) is 19.6 Å². The molecule has 0 aromatic rings. The summed E-state index contributed by atoms with van der Waals surface area (Å²) < 4.78 is 58.9. The van der Waals surface area contributed by atoms with Crippen molar-refractivity contribution in [3.63, 3.8) is 0 Å². The highest BCUT2D eigenvalue weighted by Gasteiger charge is 2.48. The SMILES string of the molecule is CCCC/C=C\CCCCCCCCOCC(COC1OC(CO)C(O)C(OS(=O)(=O)O)C1O)OC(=O)CCCCCCCCC/C=C\CCCCCCCC. The Kier molecular flexibility index (Phi) is 33.4. The molecule has 0 spiro atoms. The number of hydrogen-bond donors (Lipinski definition) is 4. The maximum atomic E-state index is 12.8. The van der Waals surface area contributed by atoms with Crippen LogP contribution in [0.15, 0.2) is 24.3 Å². The van der Waals surface area contributed by atoms with Gasteiger partial charge < -0.3 is 34.3 Å². The second-order valence-electron chi connectivity index (χ2n) is 15.3. The minimum atomic E-state index is -5.06. The molecular formula is C43H80O12S. The van der Waals surface area contributed by atoms with Crippen LogP contribution < -0.4 is 0 Å². The van der Waals surface area contributed by atoms with Crippen LogP contribution >= 0.6 is 0 Å². The fraction of sp³-hybridized carbons (Fsp3) is 0.884. The Morgan fingerprint density at radius 1 is 0.661 bits per heavy atom. The molecule has 330 valence electrons. The number of hydrogen-bond acceptors (Lipinski definition) is 11. The average Bonchev–Trinajstić information content (AvgIpc) is 3.17. The number of ether oxygens (including phenoxy) is 4. The molecule has 0 aromatic carbocycles. The molecule has 1 aliphatic heterocycles. The van der Waals surface area contributed by atoms with Crippen LogP contribution in [0, 0.1) is 0 Å². The predicted octanol–water partition coefficient (Wildman–Crippen LogP) is 8.85. The van der Waals surface area contributed by atoms with E-state index in [2.05, 4.69) is 42.3 Å². The van der Waals surface area contributed by atoms with Crippen molar-refractivity contribution in [3.8, 4) is 0 Å². The van der Waals surface area contributed by atoms with Crippen molar-refractivity contribution in [2.45, 2.75) is 218 Å². The quantitative estimate of drug-likeness (QED) is 0.0202. The molecule has 1 fully saturated rings. The van der Waals surface area contributed by atoms with Crippen LogP contribution in [0.4, 0.5) is 0 Å². The number of aliphatic hydroxyl groups is 3. The number of carbonyl (C=O) groups excluding carboxylic acids is 1. The fourth-order valence-corrected chi connectivity index (χ4v) is 7.16. The van der Waals surface area contributed by atoms with E-state index in [4.69, 9.17) is 23.5 Å². The van der Waals surface area contributed by atoms with Gasteiger partial charge in [-0.3, -0.25) is 9.35 Å². The summed E-state index contributed by atoms with van der Waals surface area (Å²) >= 11 is 0. The van der Waals surface area contributed by atoms with E-state index in [1.165, 1.54) is 96.3 Å². The summed E-state index contributed by atoms with van der Waals surface area (Å²) in [5.41, 5.74) is 0. The molecule has 0 amide bonds. The normalized spacial score (nSPS) is 21.0. The molecule has 1 aliphatic rings. The molecule has 6 unspecified atom stereocenters. The Balaban J connectivity index is 2.44. The monoisotopic (exact) mass is 821 g/mol. The van der Waals surface area contributed by atoms with Gasteiger partial charge >= 0.3 is 16.4 Å². The Labute approximate surface area is 340 Å². The lowest BCUT2D eigenvalue weighted by molar-refractivity contribution is -0.301. The summed E-state index contributed by atoms with van der Waals surface area (Å²) in [5.74, 6) is -0.406. The second-order valence-corrected chi connectivity index (χ2v) is 16.3. The zero-order valence-electron chi connectivity index (χ0n) is 34.9. The van der Waals surface area contributed by atoms with Crippen LogP contribution in [0.5, 0.6) is 0 Å². The molecule has 1 rings (SSSR count). The lowest BCUT2D eigenvalue weighted by Gasteiger charge is -2.41. The number of carbonyl (C=O) groups is 1. The summed E-state index contributed by atoms with van der Waals surface area (Å²) in [4.78, 5) is 12.8. The van der Waals surface area contributed by atoms with Gasteiger partial charge in [-0.2, -0.15) is 8.42 Å². The zero-order valence-corrected chi connectivity index (χ0v) is 35.8. The molecule has 1 heterocycles. The molecule has 0 bridgehead atoms. The van der Waals surface area contributed by atoms with E-state index in [0.717, 1.165) is 57.8 Å². The molecule has 0 aromatic heterocycles. The van der Waals surface area contributed by atoms with E-state index in [9.17, 15) is 28.5 Å². The molecule has 0 saturated carbocycles. The third-order valence-corrected chi connectivity index (χ3v) is 10.5. The summed E-state index contributed by atoms with van der Waals surface area (Å²) in [6.45, 7) is 3.93. The summed E-state index contributed by atoms with van der Waals surface area (Å²) in [7, 11) is -5.06. The van der Waals surface area contributed by atoms with E-state index < -0.39 is 59.8 Å². The number of allylic oxidation sites excluding steroid dienone is 4. The van der Waals surface area contributed by atoms with Crippen molar-refractivity contribution < 1.29 is 56.2 Å². The van der Waals surface area contributed by atoms with Crippen molar-refractivity contribution in [2.24, 2.45) is 0 Å². The molecule has 56 heavy (non-hydrogen) atoms. The number of rotatable bonds is 38. The maximum Gasteiger partial charge on any atom is 0.397 e. The van der Waals surface area contributed by atoms with Gasteiger partial charge in [0.2, 0.25) is 0 Å². The first-order valence-electron chi connectivity index (χ1n) is 22.1. The molecule has 4 N–H and O–H groups in total. The highest BCUT2D eigenvalue weighted by molar-refractivity contribution is 7.80. The van der Waals surface area contributed by atoms with Crippen molar-refractivity contribution in [1.82, 2.24) is 0 Å². The largest absolute Gasteiger partial charge is 0.457 e. The smallest absolute Gasteiger partial charge is 0.397 e. The molecule has 13 heteroatoms. The first-order valence-corrected chi connectivity index (χ1v) is 23.5. The highest BCUT2D eigenvalue weighted by atomic mass is 32.3. The Bertz CT molecular complexity index is 1080. The standard InChI is InChI=1S/C43H80O12S/c1-3-5-7-9-11-13-15-17-18-19-20-21-22-24-26-28-30-32-39(45)53-37(35-51-33-31-29-27-25-23-16-14-12-10-8-6-4-2)36-52-43-41(47)42(55-56(48,49)50)40(46)38(34-44)54-43/h10,12,17-18,37-38,40-44,46-47H,3-9,11,13-16,19-36H2,1-2H3,(H,48,49,50)/b12-10-,18-17-. The first kappa shape index (κ1) is 52.6. The summed E-state index contributed by atoms with van der Waals surface area (Å²) in [5, 5.41) is 30.6. The van der Waals surface area contributed by atoms with Crippen LogP contribution in [0.1, 0.15) is 181 Å². The zero-order chi connectivity index (χ0) is 41.1. The highest BCUT2D eigenvalue weighted by Crippen LogP contribution is 2.26. The van der Waals surface area contributed by atoms with Gasteiger partial charge in [0.25, 0.3) is 0 Å². The third kappa shape index (κ3) is 28.9. The van der Waals surface area contributed by atoms with Crippen LogP contribution in [0.3, 0.4) is 0 Å². The Morgan fingerprint density at radius 3 is 1.66 bits per heavy atom. The van der Waals surface area contributed by atoms with Gasteiger partial charge in [-0.1, -0.05) is 141 Å². The van der Waals surface area contributed by atoms with Crippen LogP contribution in [-0.4, -0.2) is 97.5 Å². The lowest BCUT2D eigenvalue weighted by Crippen LogP contribution is -2.60. The summed E-state index contributed by atoms with van der Waals surface area (Å²) in [6, 6.07) is 0. The molecular weight excluding hydrogens is 741 g/mol. The third-order valence-electron chi connectivity index (χ3n) is 10.0. The molecule has 6 atom stereocenters. The minimum Gasteiger partial charge on any atom is -0.457 e. The van der Waals surface area contributed by atoms with Gasteiger partial charge in [-0.05, 0) is 57.8 Å². The van der Waals surface area contributed by atoms with E-state index in [1.807, 2.05) is 0 Å². The van der Waals surface area contributed by atoms with Crippen LogP contribution in [0.2, 0.25) is 0 Å². The maximum absolute atomic E-state index is 12.8. The van der Waals surface area contributed by atoms with Crippen molar-refractivity contribution in [3.05, 3.63) is 24.3 Å². The average molecular weight is 821 g/mol. The van der Waals surface area contributed by atoms with Gasteiger partial charge in [-0.25, -0.2) is 4.18 Å². The molecule has 12 nitrogen and oxygen atoms in total. The van der Waals surface area contributed by atoms with E-state index >= 15 is 0 Å². The van der Waals surface area contributed by atoms with Gasteiger partial charge in [0.05, 0.1) is 19.8 Å². The number of unbranched alkanes of at least 4 members (excludes halogenated alkanes) is 21. The van der Waals surface area contributed by atoms with Crippen LogP contribution in [0.25, 0.3) is 0 Å². The minimum absolute atomic E-state index is 0.0319. The fourth-order valence-electron chi connectivity index (χ4n) is 6.65. The van der Waals surface area contributed by atoms with E-state index in [1.54, 1.807) is 0 Å². The van der Waals surface area contributed by atoms with Gasteiger partial charge in [0, 0.05) is 13.0 Å². The van der Waals surface area contributed by atoms with Gasteiger partial charge in [-0.15, -0.1) is 0 Å². The van der Waals surface area contributed by atoms with E-state index in [0.29, 0.717) is 13.0 Å². The lowest BCUT2D eigenvalue weighted by atomic mass is 9.99. The first-order chi connectivity index (χ1) is 27.1. The molecule has 0 radical (unpaired) electrons. The van der Waals surface area contributed by atoms with Crippen molar-refractivity contribution >= 4 is 16.4 Å². The number of aliphatic hydroxyl groups excluding tert-OH is 3.